The number of hydrogen-bond donors (Lipinski definition) is 2. The van der Waals surface area contributed by atoms with Crippen LogP contribution in [0.2, 0.25) is 0 Å². The second-order valence-electron chi connectivity index (χ2n) is 4.38. The van der Waals surface area contributed by atoms with Crippen molar-refractivity contribution in [2.75, 3.05) is 31.4 Å². The van der Waals surface area contributed by atoms with E-state index in [1.54, 1.807) is 0 Å². The van der Waals surface area contributed by atoms with Crippen molar-refractivity contribution in [2.24, 2.45) is 0 Å². The lowest BCUT2D eigenvalue weighted by molar-refractivity contribution is -0.116. The van der Waals surface area contributed by atoms with Gasteiger partial charge in [0.15, 0.2) is 0 Å². The molecule has 4 nitrogen and oxygen atoms in total. The van der Waals surface area contributed by atoms with Gasteiger partial charge in [-0.2, -0.15) is 0 Å². The summed E-state index contributed by atoms with van der Waals surface area (Å²) < 4.78 is 0. The highest BCUT2D eigenvalue weighted by Crippen LogP contribution is 2.15. The molecule has 4 heteroatoms. The number of nitrogens with zero attached hydrogens (tertiary/aromatic N) is 1. The van der Waals surface area contributed by atoms with E-state index in [1.807, 2.05) is 57.2 Å². The molecule has 0 spiro atoms. The fraction of sp³-hybridized carbons (Fsp3) is 0.462. The lowest BCUT2D eigenvalue weighted by atomic mass is 10.2. The molecule has 17 heavy (non-hydrogen) atoms. The molecule has 94 valence electrons. The van der Waals surface area contributed by atoms with Gasteiger partial charge in [-0.15, -0.1) is 0 Å². The van der Waals surface area contributed by atoms with Gasteiger partial charge >= 0.3 is 0 Å². The van der Waals surface area contributed by atoms with Crippen LogP contribution in [0, 0.1) is 0 Å². The zero-order chi connectivity index (χ0) is 12.8. The standard InChI is InChI=1S/C13H21N3O/c1-10(14-2)9-13(17)15-11-5-7-12(8-6-11)16(3)4/h5-8,10,14H,9H2,1-4H3,(H,15,17). The van der Waals surface area contributed by atoms with E-state index >= 15 is 0 Å². The van der Waals surface area contributed by atoms with Gasteiger partial charge in [-0.1, -0.05) is 0 Å². The molecule has 1 aromatic carbocycles. The zero-order valence-corrected chi connectivity index (χ0v) is 10.9. The van der Waals surface area contributed by atoms with E-state index in [9.17, 15) is 4.79 Å². The Kier molecular flexibility index (Phi) is 4.97. The van der Waals surface area contributed by atoms with Gasteiger partial charge in [-0.05, 0) is 38.2 Å². The molecule has 1 atom stereocenters. The Morgan fingerprint density at radius 1 is 1.29 bits per heavy atom. The molecule has 1 unspecified atom stereocenters. The summed E-state index contributed by atoms with van der Waals surface area (Å²) in [6.45, 7) is 1.98. The molecule has 1 rings (SSSR count). The second kappa shape index (κ2) is 6.25. The van der Waals surface area contributed by atoms with Crippen LogP contribution in [-0.4, -0.2) is 33.1 Å². The van der Waals surface area contributed by atoms with Gasteiger partial charge in [0.05, 0.1) is 0 Å². The number of carbonyl (C=O) groups excluding carboxylic acids is 1. The minimum Gasteiger partial charge on any atom is -0.378 e. The lowest BCUT2D eigenvalue weighted by Crippen LogP contribution is -2.27. The van der Waals surface area contributed by atoms with Crippen molar-refractivity contribution < 1.29 is 4.79 Å². The minimum atomic E-state index is 0.0319. The molecular formula is C13H21N3O. The number of benzene rings is 1. The van der Waals surface area contributed by atoms with Crippen LogP contribution in [0.15, 0.2) is 24.3 Å². The highest BCUT2D eigenvalue weighted by Gasteiger charge is 2.07. The largest absolute Gasteiger partial charge is 0.378 e. The van der Waals surface area contributed by atoms with E-state index in [1.165, 1.54) is 0 Å². The molecule has 0 aliphatic carbocycles. The minimum absolute atomic E-state index is 0.0319. The predicted octanol–water partition coefficient (Wildman–Crippen LogP) is 1.69. The summed E-state index contributed by atoms with van der Waals surface area (Å²) in [5.41, 5.74) is 1.95. The van der Waals surface area contributed by atoms with E-state index in [0.717, 1.165) is 11.4 Å². The second-order valence-corrected chi connectivity index (χ2v) is 4.38. The molecule has 0 aromatic heterocycles. The predicted molar refractivity (Wildman–Crippen MR) is 72.5 cm³/mol. The topological polar surface area (TPSA) is 44.4 Å². The maximum Gasteiger partial charge on any atom is 0.225 e. The third-order valence-electron chi connectivity index (χ3n) is 2.65. The first-order chi connectivity index (χ1) is 8.02. The lowest BCUT2D eigenvalue weighted by Gasteiger charge is -2.14. The molecule has 1 aromatic rings. The van der Waals surface area contributed by atoms with Gasteiger partial charge in [0, 0.05) is 37.9 Å². The Hall–Kier alpha value is -1.55. The van der Waals surface area contributed by atoms with Crippen LogP contribution >= 0.6 is 0 Å². The van der Waals surface area contributed by atoms with Crippen molar-refractivity contribution in [2.45, 2.75) is 19.4 Å². The molecule has 0 fully saturated rings. The van der Waals surface area contributed by atoms with Gasteiger partial charge in [-0.3, -0.25) is 4.79 Å². The summed E-state index contributed by atoms with van der Waals surface area (Å²) in [6.07, 6.45) is 0.478. The third-order valence-corrected chi connectivity index (χ3v) is 2.65. The molecule has 0 radical (unpaired) electrons. The first-order valence-electron chi connectivity index (χ1n) is 5.77. The van der Waals surface area contributed by atoms with E-state index in [0.29, 0.717) is 6.42 Å². The average Bonchev–Trinajstić information content (AvgIpc) is 2.29. The van der Waals surface area contributed by atoms with E-state index in [-0.39, 0.29) is 11.9 Å². The summed E-state index contributed by atoms with van der Waals surface area (Å²) in [4.78, 5) is 13.7. The molecule has 0 bridgehead atoms. The van der Waals surface area contributed by atoms with E-state index < -0.39 is 0 Å². The van der Waals surface area contributed by atoms with Crippen LogP contribution in [0.4, 0.5) is 11.4 Å². The van der Waals surface area contributed by atoms with Crippen molar-refractivity contribution in [1.29, 1.82) is 0 Å². The average molecular weight is 235 g/mol. The molecule has 2 N–H and O–H groups in total. The third kappa shape index (κ3) is 4.44. The smallest absolute Gasteiger partial charge is 0.225 e. The van der Waals surface area contributed by atoms with E-state index in [2.05, 4.69) is 10.6 Å². The highest BCUT2D eigenvalue weighted by molar-refractivity contribution is 5.91. The van der Waals surface area contributed by atoms with Gasteiger partial charge in [-0.25, -0.2) is 0 Å². The van der Waals surface area contributed by atoms with Gasteiger partial charge in [0.25, 0.3) is 0 Å². The summed E-state index contributed by atoms with van der Waals surface area (Å²) >= 11 is 0. The molecular weight excluding hydrogens is 214 g/mol. The van der Waals surface area contributed by atoms with Crippen LogP contribution < -0.4 is 15.5 Å². The number of nitrogens with one attached hydrogen (secondary N) is 2. The van der Waals surface area contributed by atoms with Crippen LogP contribution in [-0.2, 0) is 4.79 Å². The Morgan fingerprint density at radius 3 is 2.35 bits per heavy atom. The van der Waals surface area contributed by atoms with Crippen LogP contribution in [0.3, 0.4) is 0 Å². The zero-order valence-electron chi connectivity index (χ0n) is 10.9. The van der Waals surface area contributed by atoms with Crippen molar-refractivity contribution in [3.8, 4) is 0 Å². The van der Waals surface area contributed by atoms with Gasteiger partial charge in [0.1, 0.15) is 0 Å². The first-order valence-corrected chi connectivity index (χ1v) is 5.77. The van der Waals surface area contributed by atoms with Crippen molar-refractivity contribution in [3.05, 3.63) is 24.3 Å². The Balaban J connectivity index is 2.54. The summed E-state index contributed by atoms with van der Waals surface area (Å²) in [7, 11) is 5.83. The molecule has 0 aliphatic rings. The quantitative estimate of drug-likeness (QED) is 0.816. The molecule has 0 saturated carbocycles. The normalized spacial score (nSPS) is 12.0. The number of rotatable bonds is 5. The number of hydrogen-bond acceptors (Lipinski definition) is 3. The number of anilines is 2. The van der Waals surface area contributed by atoms with E-state index in [4.69, 9.17) is 0 Å². The number of amides is 1. The van der Waals surface area contributed by atoms with Crippen molar-refractivity contribution in [1.82, 2.24) is 5.32 Å². The van der Waals surface area contributed by atoms with Crippen LogP contribution in [0.25, 0.3) is 0 Å². The Morgan fingerprint density at radius 2 is 1.88 bits per heavy atom. The monoisotopic (exact) mass is 235 g/mol. The summed E-state index contributed by atoms with van der Waals surface area (Å²) in [6, 6.07) is 7.99. The van der Waals surface area contributed by atoms with Crippen molar-refractivity contribution >= 4 is 17.3 Å². The fourth-order valence-corrected chi connectivity index (χ4v) is 1.44. The number of carbonyl (C=O) groups is 1. The molecule has 1 amide bonds. The van der Waals surface area contributed by atoms with Crippen molar-refractivity contribution in [3.63, 3.8) is 0 Å². The molecule has 0 aliphatic heterocycles. The molecule has 0 saturated heterocycles. The fourth-order valence-electron chi connectivity index (χ4n) is 1.44. The highest BCUT2D eigenvalue weighted by atomic mass is 16.1. The summed E-state index contributed by atoms with van der Waals surface area (Å²) in [5, 5.41) is 5.91. The summed E-state index contributed by atoms with van der Waals surface area (Å²) in [5.74, 6) is 0.0319. The molecule has 0 heterocycles. The van der Waals surface area contributed by atoms with Crippen LogP contribution in [0.1, 0.15) is 13.3 Å². The van der Waals surface area contributed by atoms with Gasteiger partial charge < -0.3 is 15.5 Å². The maximum absolute atomic E-state index is 11.6. The first kappa shape index (κ1) is 13.5. The van der Waals surface area contributed by atoms with Crippen LogP contribution in [0.5, 0.6) is 0 Å². The SMILES string of the molecule is CNC(C)CC(=O)Nc1ccc(N(C)C)cc1. The Labute approximate surface area is 103 Å². The van der Waals surface area contributed by atoms with Gasteiger partial charge in [0.2, 0.25) is 5.91 Å². The Bertz CT molecular complexity index is 359. The maximum atomic E-state index is 11.6.